The van der Waals surface area contributed by atoms with Crippen LogP contribution in [0, 0.1) is 5.92 Å². The third-order valence-corrected chi connectivity index (χ3v) is 9.05. The van der Waals surface area contributed by atoms with Gasteiger partial charge in [-0.15, -0.1) is 0 Å². The number of rotatable bonds is 6. The van der Waals surface area contributed by atoms with Crippen LogP contribution in [-0.4, -0.2) is 42.7 Å². The van der Waals surface area contributed by atoms with Gasteiger partial charge in [-0.2, -0.15) is 0 Å². The van der Waals surface area contributed by atoms with E-state index in [1.807, 2.05) is 6.07 Å². The Morgan fingerprint density at radius 1 is 1.00 bits per heavy atom. The van der Waals surface area contributed by atoms with Gasteiger partial charge in [0.15, 0.2) is 0 Å². The molecule has 0 saturated carbocycles. The Morgan fingerprint density at radius 2 is 1.78 bits per heavy atom. The Bertz CT molecular complexity index is 1640. The van der Waals surface area contributed by atoms with E-state index in [9.17, 15) is 13.2 Å². The summed E-state index contributed by atoms with van der Waals surface area (Å²) in [5.41, 5.74) is 3.32. The van der Waals surface area contributed by atoms with E-state index in [0.29, 0.717) is 18.2 Å². The van der Waals surface area contributed by atoms with Crippen LogP contribution in [0.1, 0.15) is 23.6 Å². The normalized spacial score (nSPS) is 19.5. The number of nitrogens with one attached hydrogen (secondary N) is 1. The summed E-state index contributed by atoms with van der Waals surface area (Å²) in [4.78, 5) is 16.0. The highest BCUT2D eigenvalue weighted by molar-refractivity contribution is 7.92. The zero-order chi connectivity index (χ0) is 25.7. The number of hydrogen-bond acceptors (Lipinski definition) is 5. The van der Waals surface area contributed by atoms with Gasteiger partial charge in [0.2, 0.25) is 0 Å². The molecule has 1 saturated heterocycles. The summed E-state index contributed by atoms with van der Waals surface area (Å²) in [5, 5.41) is 1.28. The number of fused-ring (bicyclic) bond motifs is 5. The molecular formula is C28H30N4O4S. The van der Waals surface area contributed by atoms with Gasteiger partial charge in [0.1, 0.15) is 11.4 Å². The van der Waals surface area contributed by atoms with Gasteiger partial charge in [-0.3, -0.25) is 14.4 Å². The molecule has 1 fully saturated rings. The van der Waals surface area contributed by atoms with Crippen molar-refractivity contribution >= 4 is 26.6 Å². The molecule has 2 aromatic heterocycles. The van der Waals surface area contributed by atoms with Crippen molar-refractivity contribution in [1.82, 2.24) is 14.0 Å². The number of piperidine rings is 1. The molecule has 0 spiro atoms. The molecule has 2 aliphatic rings. The fourth-order valence-electron chi connectivity index (χ4n) is 6.00. The predicted octanol–water partition coefficient (Wildman–Crippen LogP) is 3.77. The maximum atomic E-state index is 13.4. The molecule has 192 valence electrons. The summed E-state index contributed by atoms with van der Waals surface area (Å²) in [5.74, 6) is 1.14. The highest BCUT2D eigenvalue weighted by Gasteiger charge is 2.35. The molecule has 37 heavy (non-hydrogen) atoms. The number of pyridine rings is 1. The quantitative estimate of drug-likeness (QED) is 0.420. The Hall–Kier alpha value is -3.56. The number of likely N-dealkylation sites (tertiary alicyclic amines) is 1. The van der Waals surface area contributed by atoms with E-state index in [1.165, 1.54) is 35.7 Å². The lowest BCUT2D eigenvalue weighted by molar-refractivity contribution is 0.115. The lowest BCUT2D eigenvalue weighted by Gasteiger charge is -2.43. The fourth-order valence-corrected chi connectivity index (χ4v) is 7.06. The first-order valence-corrected chi connectivity index (χ1v) is 14.0. The van der Waals surface area contributed by atoms with Gasteiger partial charge in [-0.05, 0) is 60.4 Å². The van der Waals surface area contributed by atoms with Crippen molar-refractivity contribution in [2.75, 3.05) is 24.9 Å². The molecule has 0 amide bonds. The molecule has 2 atom stereocenters. The summed E-state index contributed by atoms with van der Waals surface area (Å²) in [6.07, 6.45) is 3.26. The van der Waals surface area contributed by atoms with Crippen molar-refractivity contribution in [1.29, 1.82) is 0 Å². The van der Waals surface area contributed by atoms with E-state index in [-0.39, 0.29) is 22.1 Å². The van der Waals surface area contributed by atoms with E-state index in [2.05, 4.69) is 51.7 Å². The molecule has 2 aliphatic heterocycles. The molecule has 0 unspecified atom stereocenters. The summed E-state index contributed by atoms with van der Waals surface area (Å²) < 4.78 is 37.4. The van der Waals surface area contributed by atoms with E-state index in [1.54, 1.807) is 22.8 Å². The topological polar surface area (TPSA) is 85.6 Å². The minimum absolute atomic E-state index is 0.0761. The van der Waals surface area contributed by atoms with Crippen molar-refractivity contribution < 1.29 is 13.2 Å². The summed E-state index contributed by atoms with van der Waals surface area (Å²) >= 11 is 0. The minimum atomic E-state index is -3.89. The Morgan fingerprint density at radius 3 is 2.57 bits per heavy atom. The van der Waals surface area contributed by atoms with Gasteiger partial charge in [-0.25, -0.2) is 8.42 Å². The summed E-state index contributed by atoms with van der Waals surface area (Å²) in [6.45, 7) is 3.25. The van der Waals surface area contributed by atoms with Crippen LogP contribution in [-0.2, 0) is 30.2 Å². The number of methoxy groups -OCH3 is 1. The molecule has 0 radical (unpaired) electrons. The highest BCUT2D eigenvalue weighted by Crippen LogP contribution is 2.36. The van der Waals surface area contributed by atoms with E-state index < -0.39 is 10.0 Å². The van der Waals surface area contributed by atoms with Crippen molar-refractivity contribution in [3.63, 3.8) is 0 Å². The molecular weight excluding hydrogens is 488 g/mol. The number of anilines is 1. The molecule has 6 rings (SSSR count). The van der Waals surface area contributed by atoms with Crippen LogP contribution in [0.3, 0.4) is 0 Å². The summed E-state index contributed by atoms with van der Waals surface area (Å²) in [7, 11) is -0.289. The van der Waals surface area contributed by atoms with Crippen molar-refractivity contribution in [2.24, 2.45) is 13.0 Å². The van der Waals surface area contributed by atoms with Gasteiger partial charge in [-0.1, -0.05) is 18.2 Å². The average Bonchev–Trinajstić information content (AvgIpc) is 3.21. The van der Waals surface area contributed by atoms with Crippen LogP contribution >= 0.6 is 0 Å². The number of aryl methyl sites for hydroxylation is 1. The zero-order valence-corrected chi connectivity index (χ0v) is 21.7. The first kappa shape index (κ1) is 23.8. The Kier molecular flexibility index (Phi) is 5.84. The third-order valence-electron chi connectivity index (χ3n) is 7.67. The van der Waals surface area contributed by atoms with Crippen LogP contribution < -0.4 is 15.0 Å². The molecule has 2 aromatic carbocycles. The zero-order valence-electron chi connectivity index (χ0n) is 20.9. The van der Waals surface area contributed by atoms with E-state index in [0.717, 1.165) is 31.7 Å². The van der Waals surface area contributed by atoms with Gasteiger partial charge in [0.25, 0.3) is 15.6 Å². The first-order chi connectivity index (χ1) is 17.8. The van der Waals surface area contributed by atoms with E-state index in [4.69, 9.17) is 4.74 Å². The largest absolute Gasteiger partial charge is 0.497 e. The molecule has 4 aromatic rings. The second kappa shape index (κ2) is 9.08. The smallest absolute Gasteiger partial charge is 0.275 e. The Balaban J connectivity index is 1.23. The molecule has 0 aliphatic carbocycles. The average molecular weight is 519 g/mol. The highest BCUT2D eigenvalue weighted by atomic mass is 32.2. The van der Waals surface area contributed by atoms with Crippen molar-refractivity contribution in [3.05, 3.63) is 88.5 Å². The standard InChI is InChI=1S/C28H30N4O4S/c1-30-16-21(24-5-3-4-6-27(24)30)18-31-14-19-13-20(17-31)26-12-11-25(28(33)32(26)15-19)29-37(34,35)23-9-7-22(36-2)8-10-23/h3-12,16,19-20,29H,13-15,17-18H2,1-2H3/t19-,20+/m0/s1. The lowest BCUT2D eigenvalue weighted by Crippen LogP contribution is -2.47. The maximum Gasteiger partial charge on any atom is 0.275 e. The number of hydrogen-bond donors (Lipinski definition) is 1. The number of nitrogens with zero attached hydrogens (tertiary/aromatic N) is 3. The van der Waals surface area contributed by atoms with Gasteiger partial charge in [0.05, 0.1) is 12.0 Å². The number of benzene rings is 2. The first-order valence-electron chi connectivity index (χ1n) is 12.5. The number of sulfonamides is 1. The van der Waals surface area contributed by atoms with Crippen LogP contribution in [0.2, 0.25) is 0 Å². The predicted molar refractivity (Wildman–Crippen MR) is 144 cm³/mol. The van der Waals surface area contributed by atoms with Crippen LogP contribution in [0.15, 0.2) is 76.6 Å². The lowest BCUT2D eigenvalue weighted by atomic mass is 9.83. The van der Waals surface area contributed by atoms with Crippen LogP contribution in [0.25, 0.3) is 10.9 Å². The van der Waals surface area contributed by atoms with Crippen molar-refractivity contribution in [3.8, 4) is 5.75 Å². The summed E-state index contributed by atoms with van der Waals surface area (Å²) in [6, 6.07) is 18.1. The second-order valence-corrected chi connectivity index (χ2v) is 11.8. The fraction of sp³-hybridized carbons (Fsp3) is 0.321. The molecule has 2 bridgehead atoms. The van der Waals surface area contributed by atoms with Crippen LogP contribution in [0.4, 0.5) is 5.69 Å². The number of aromatic nitrogens is 2. The van der Waals surface area contributed by atoms with Gasteiger partial charge < -0.3 is 13.9 Å². The molecule has 1 N–H and O–H groups in total. The third kappa shape index (κ3) is 4.32. The monoisotopic (exact) mass is 518 g/mol. The molecule has 9 heteroatoms. The van der Waals surface area contributed by atoms with E-state index >= 15 is 0 Å². The molecule has 8 nitrogen and oxygen atoms in total. The molecule has 4 heterocycles. The second-order valence-electron chi connectivity index (χ2n) is 10.1. The maximum absolute atomic E-state index is 13.4. The number of ether oxygens (including phenoxy) is 1. The van der Waals surface area contributed by atoms with Gasteiger partial charge >= 0.3 is 0 Å². The van der Waals surface area contributed by atoms with Crippen LogP contribution in [0.5, 0.6) is 5.75 Å². The minimum Gasteiger partial charge on any atom is -0.497 e. The SMILES string of the molecule is COc1ccc(S(=O)(=O)Nc2ccc3n(c2=O)C[C@H]2C[C@@H]3CN(Cc3cn(C)c4ccccc34)C2)cc1. The van der Waals surface area contributed by atoms with Crippen molar-refractivity contribution in [2.45, 2.75) is 30.3 Å². The number of para-hydroxylation sites is 1. The Labute approximate surface area is 216 Å². The van der Waals surface area contributed by atoms with Gasteiger partial charge in [0, 0.05) is 61.9 Å².